The van der Waals surface area contributed by atoms with Gasteiger partial charge in [0.25, 0.3) is 0 Å². The Balaban J connectivity index is 1.08. The van der Waals surface area contributed by atoms with Gasteiger partial charge in [-0.1, -0.05) is 85.1 Å². The van der Waals surface area contributed by atoms with Crippen molar-refractivity contribution in [3.8, 4) is 0 Å². The largest absolute Gasteiger partial charge is 0.342 e. The summed E-state index contributed by atoms with van der Waals surface area (Å²) in [7, 11) is 0. The number of carbonyl (C=O) groups is 1. The number of halogens is 2. The van der Waals surface area contributed by atoms with E-state index in [4.69, 9.17) is 28.2 Å². The number of carbonyl (C=O) groups excluding carboxylic acids is 1. The topological polar surface area (TPSA) is 41.1 Å². The Kier molecular flexibility index (Phi) is 8.19. The van der Waals surface area contributed by atoms with E-state index >= 15 is 0 Å². The fourth-order valence-electron chi connectivity index (χ4n) is 9.29. The van der Waals surface area contributed by atoms with Crippen LogP contribution >= 0.6 is 23.2 Å². The number of benzene rings is 2. The highest BCUT2D eigenvalue weighted by atomic mass is 35.5. The summed E-state index contributed by atoms with van der Waals surface area (Å²) >= 11 is 12.8. The lowest BCUT2D eigenvalue weighted by Crippen LogP contribution is -2.50. The molecule has 1 aromatic heterocycles. The molecule has 1 saturated carbocycles. The molecule has 0 N–H and O–H groups in total. The summed E-state index contributed by atoms with van der Waals surface area (Å²) in [5, 5.41) is 1.16. The van der Waals surface area contributed by atoms with Crippen molar-refractivity contribution >= 4 is 40.1 Å². The van der Waals surface area contributed by atoms with Gasteiger partial charge in [-0.05, 0) is 101 Å². The molecule has 3 unspecified atom stereocenters. The summed E-state index contributed by atoms with van der Waals surface area (Å²) < 4.78 is 2.53. The van der Waals surface area contributed by atoms with E-state index in [1.807, 2.05) is 13.0 Å². The van der Waals surface area contributed by atoms with Crippen molar-refractivity contribution in [2.45, 2.75) is 102 Å². The zero-order chi connectivity index (χ0) is 31.4. The monoisotopic (exact) mass is 644 g/mol. The van der Waals surface area contributed by atoms with Crippen molar-refractivity contribution in [2.24, 2.45) is 5.41 Å². The Hall–Kier alpha value is -2.60. The number of likely N-dealkylation sites (tertiary alicyclic amines) is 2. The average molecular weight is 646 g/mol. The van der Waals surface area contributed by atoms with Gasteiger partial charge in [-0.3, -0.25) is 9.69 Å². The zero-order valence-corrected chi connectivity index (χ0v) is 28.5. The normalized spacial score (nSPS) is 30.9. The van der Waals surface area contributed by atoms with Crippen LogP contribution in [0, 0.1) is 12.3 Å². The number of amides is 1. The molecule has 5 atom stereocenters. The van der Waals surface area contributed by atoms with E-state index < -0.39 is 5.41 Å². The highest BCUT2D eigenvalue weighted by Crippen LogP contribution is 2.57. The van der Waals surface area contributed by atoms with Crippen LogP contribution in [0.2, 0.25) is 0 Å². The molecule has 3 heterocycles. The van der Waals surface area contributed by atoms with E-state index in [2.05, 4.69) is 82.8 Å². The smallest absolute Gasteiger partial charge is 0.234 e. The highest BCUT2D eigenvalue weighted by molar-refractivity contribution is 6.36. The SMILES string of the molecule is CCCC12CC[C@@H](n3c(C)nc4ccccc43)C[C@@H]1N2CCC1(c2ccccc2)CCN(C(=O)C2(C)CC=C(Cl)C=C2Cl)CC1. The molecule has 2 saturated heterocycles. The Bertz CT molecular complexity index is 1640. The van der Waals surface area contributed by atoms with Crippen LogP contribution < -0.4 is 0 Å². The van der Waals surface area contributed by atoms with E-state index in [0.29, 0.717) is 34.1 Å². The maximum atomic E-state index is 13.8. The second-order valence-corrected chi connectivity index (χ2v) is 15.2. The molecule has 238 valence electrons. The van der Waals surface area contributed by atoms with Gasteiger partial charge in [0, 0.05) is 40.8 Å². The molecule has 0 bridgehead atoms. The Morgan fingerprint density at radius 1 is 1.00 bits per heavy atom. The van der Waals surface area contributed by atoms with Crippen LogP contribution in [0.3, 0.4) is 0 Å². The summed E-state index contributed by atoms with van der Waals surface area (Å²) in [6.07, 6.45) is 13.4. The maximum Gasteiger partial charge on any atom is 0.234 e. The minimum Gasteiger partial charge on any atom is -0.342 e. The van der Waals surface area contributed by atoms with E-state index in [0.717, 1.165) is 50.2 Å². The first-order valence-electron chi connectivity index (χ1n) is 17.0. The van der Waals surface area contributed by atoms with Crippen LogP contribution in [-0.4, -0.2) is 56.5 Å². The third kappa shape index (κ3) is 5.27. The van der Waals surface area contributed by atoms with Gasteiger partial charge in [0.2, 0.25) is 5.91 Å². The van der Waals surface area contributed by atoms with Crippen molar-refractivity contribution in [3.63, 3.8) is 0 Å². The Labute approximate surface area is 278 Å². The molecule has 7 heteroatoms. The standard InChI is InChI=1S/C38H46Cl2N4O/c1-4-16-38-18-15-30(44-27(2)41-31-12-8-9-13-32(31)44)26-34(38)43(38)24-21-37(28-10-6-5-7-11-28)19-22-42(23-20-37)35(45)36(3)17-14-29(39)25-33(36)40/h5-14,25,30,34H,4,15-24,26H2,1-3H3/t30-,34+,36?,38?,43?/m1/s1. The number of hydrogen-bond donors (Lipinski definition) is 0. The Morgan fingerprint density at radius 2 is 1.73 bits per heavy atom. The molecule has 0 radical (unpaired) electrons. The van der Waals surface area contributed by atoms with Gasteiger partial charge in [0.15, 0.2) is 0 Å². The first kappa shape index (κ1) is 31.0. The lowest BCUT2D eigenvalue weighted by atomic mass is 9.70. The van der Waals surface area contributed by atoms with E-state index in [9.17, 15) is 4.79 Å². The van der Waals surface area contributed by atoms with Crippen molar-refractivity contribution in [1.82, 2.24) is 19.4 Å². The number of rotatable bonds is 8. The van der Waals surface area contributed by atoms with Gasteiger partial charge >= 0.3 is 0 Å². The van der Waals surface area contributed by atoms with Crippen LogP contribution in [0.25, 0.3) is 11.0 Å². The molecule has 45 heavy (non-hydrogen) atoms. The van der Waals surface area contributed by atoms with Crippen molar-refractivity contribution < 1.29 is 4.79 Å². The average Bonchev–Trinajstić information content (AvgIpc) is 3.54. The maximum absolute atomic E-state index is 13.8. The summed E-state index contributed by atoms with van der Waals surface area (Å²) in [6, 6.07) is 20.8. The predicted molar refractivity (Wildman–Crippen MR) is 185 cm³/mol. The van der Waals surface area contributed by atoms with Gasteiger partial charge in [-0.2, -0.15) is 0 Å². The van der Waals surface area contributed by atoms with Crippen molar-refractivity contribution in [2.75, 3.05) is 19.6 Å². The van der Waals surface area contributed by atoms with Crippen LogP contribution in [0.4, 0.5) is 0 Å². The number of allylic oxidation sites excluding steroid dienone is 3. The van der Waals surface area contributed by atoms with Gasteiger partial charge in [0.05, 0.1) is 16.4 Å². The molecular weight excluding hydrogens is 599 g/mol. The summed E-state index contributed by atoms with van der Waals surface area (Å²) in [5.41, 5.74) is 3.48. The fraction of sp³-hybridized carbons (Fsp3) is 0.526. The predicted octanol–water partition coefficient (Wildman–Crippen LogP) is 8.90. The first-order chi connectivity index (χ1) is 21.7. The quantitative estimate of drug-likeness (QED) is 0.230. The number of para-hydroxylation sites is 2. The summed E-state index contributed by atoms with van der Waals surface area (Å²) in [4.78, 5) is 23.7. The van der Waals surface area contributed by atoms with Crippen molar-refractivity contribution in [1.29, 1.82) is 0 Å². The van der Waals surface area contributed by atoms with Crippen LogP contribution in [-0.2, 0) is 10.2 Å². The number of piperidine rings is 1. The number of nitrogens with zero attached hydrogens (tertiary/aromatic N) is 4. The number of imidazole rings is 1. The van der Waals surface area contributed by atoms with Gasteiger partial charge in [-0.15, -0.1) is 0 Å². The van der Waals surface area contributed by atoms with Gasteiger partial charge in [-0.25, -0.2) is 4.98 Å². The molecule has 2 aliphatic heterocycles. The first-order valence-corrected chi connectivity index (χ1v) is 17.7. The van der Waals surface area contributed by atoms with E-state index in [1.165, 1.54) is 43.2 Å². The van der Waals surface area contributed by atoms with Crippen molar-refractivity contribution in [3.05, 3.63) is 88.2 Å². The Morgan fingerprint density at radius 3 is 2.47 bits per heavy atom. The van der Waals surface area contributed by atoms with E-state index in [-0.39, 0.29) is 11.3 Å². The zero-order valence-electron chi connectivity index (χ0n) is 26.9. The third-order valence-corrected chi connectivity index (χ3v) is 12.7. The molecule has 2 aliphatic carbocycles. The van der Waals surface area contributed by atoms with Gasteiger partial charge < -0.3 is 9.47 Å². The molecule has 3 fully saturated rings. The third-order valence-electron chi connectivity index (χ3n) is 11.9. The minimum atomic E-state index is -0.732. The minimum absolute atomic E-state index is 0.0596. The summed E-state index contributed by atoms with van der Waals surface area (Å²) in [6.45, 7) is 9.10. The molecule has 0 spiro atoms. The molecule has 3 aromatic rings. The second-order valence-electron chi connectivity index (χ2n) is 14.3. The molecule has 7 rings (SSSR count). The summed E-state index contributed by atoms with van der Waals surface area (Å²) in [5.74, 6) is 1.26. The van der Waals surface area contributed by atoms with Gasteiger partial charge in [0.1, 0.15) is 5.82 Å². The fourth-order valence-corrected chi connectivity index (χ4v) is 9.81. The lowest BCUT2D eigenvalue weighted by molar-refractivity contribution is -0.140. The second kappa shape index (κ2) is 11.9. The molecule has 2 aromatic carbocycles. The number of aromatic nitrogens is 2. The van der Waals surface area contributed by atoms with Crippen LogP contribution in [0.1, 0.15) is 89.1 Å². The lowest BCUT2D eigenvalue weighted by Gasteiger charge is -2.45. The van der Waals surface area contributed by atoms with Crippen LogP contribution in [0.5, 0.6) is 0 Å². The number of aryl methyl sites for hydroxylation is 1. The molecule has 4 aliphatic rings. The number of fused-ring (bicyclic) bond motifs is 2. The molecule has 1 amide bonds. The van der Waals surface area contributed by atoms with Crippen LogP contribution in [0.15, 0.2) is 76.8 Å². The number of hydrogen-bond acceptors (Lipinski definition) is 3. The molecular formula is C38H46Cl2N4O. The van der Waals surface area contributed by atoms with E-state index in [1.54, 1.807) is 6.08 Å². The molecule has 5 nitrogen and oxygen atoms in total. The highest BCUT2D eigenvalue weighted by Gasteiger charge is 2.63.